The first kappa shape index (κ1) is 46.5. The fourth-order valence-corrected chi connectivity index (χ4v) is 12.5. The maximum Gasteiger partial charge on any atom is 0.311 e. The maximum atomic E-state index is 12.2. The van der Waals surface area contributed by atoms with Crippen LogP contribution in [0.5, 0.6) is 0 Å². The van der Waals surface area contributed by atoms with Crippen molar-refractivity contribution in [3.05, 3.63) is 0 Å². The van der Waals surface area contributed by atoms with Gasteiger partial charge in [-0.2, -0.15) is 0 Å². The fourth-order valence-electron chi connectivity index (χ4n) is 12.5. The third kappa shape index (κ3) is 7.62. The molecule has 14 heteroatoms. The van der Waals surface area contributed by atoms with Crippen LogP contribution in [0.4, 0.5) is 0 Å². The van der Waals surface area contributed by atoms with Gasteiger partial charge in [0.2, 0.25) is 0 Å². The molecule has 6 aliphatic heterocycles. The standard InChI is InChI=1S/C44H76O14/c1-21-29(49-12)20-43(56-31(21)22(2)32-23(3)34(51-14)27(7)44(48,57-32)28(8)39(45)46)19-18-40(9,58-43)30-16-17-41(10,54-30)38-25(5)35(52-15)37(53-38)36-24(4)33(50-13)26(6)42(11,47)55-36/h21-38,47-48H,16-20H2,1-15H3,(H,45,46)/t21-,22-,23+,24+,25+,26-,27-,28-,29+,30-,31+,32-,33+,34+,35-,36+,37-,38-,40+,41+,42+,43-,44+/m1/s1. The van der Waals surface area contributed by atoms with Crippen LogP contribution in [-0.2, 0) is 52.2 Å². The molecule has 0 aromatic rings. The van der Waals surface area contributed by atoms with Gasteiger partial charge in [0, 0.05) is 82.7 Å². The highest BCUT2D eigenvalue weighted by molar-refractivity contribution is 5.70. The number of carboxylic acid groups (broad SMARTS) is 1. The molecule has 0 aromatic heterocycles. The van der Waals surface area contributed by atoms with Crippen LogP contribution in [-0.4, -0.2) is 139 Å². The minimum absolute atomic E-state index is 0.0300. The highest BCUT2D eigenvalue weighted by atomic mass is 16.7. The van der Waals surface area contributed by atoms with Crippen molar-refractivity contribution < 1.29 is 67.5 Å². The topological polar surface area (TPSA) is 170 Å². The minimum atomic E-state index is -1.95. The van der Waals surface area contributed by atoms with Crippen molar-refractivity contribution in [3.63, 3.8) is 0 Å². The van der Waals surface area contributed by atoms with Crippen molar-refractivity contribution in [1.29, 1.82) is 0 Å². The van der Waals surface area contributed by atoms with E-state index in [-0.39, 0.29) is 66.0 Å². The van der Waals surface area contributed by atoms with Crippen molar-refractivity contribution in [1.82, 2.24) is 0 Å². The van der Waals surface area contributed by atoms with Gasteiger partial charge in [-0.1, -0.05) is 48.5 Å². The number of ether oxygens (including phenoxy) is 10. The van der Waals surface area contributed by atoms with E-state index in [0.717, 1.165) is 12.8 Å². The largest absolute Gasteiger partial charge is 0.481 e. The molecule has 0 amide bonds. The van der Waals surface area contributed by atoms with E-state index in [4.69, 9.17) is 47.4 Å². The van der Waals surface area contributed by atoms with Gasteiger partial charge in [0.25, 0.3) is 0 Å². The van der Waals surface area contributed by atoms with Gasteiger partial charge in [-0.3, -0.25) is 4.79 Å². The first-order valence-corrected chi connectivity index (χ1v) is 21.8. The molecule has 0 bridgehead atoms. The second-order valence-corrected chi connectivity index (χ2v) is 19.9. The lowest BCUT2D eigenvalue weighted by atomic mass is 9.71. The summed E-state index contributed by atoms with van der Waals surface area (Å²) >= 11 is 0. The molecule has 0 radical (unpaired) electrons. The highest BCUT2D eigenvalue weighted by Gasteiger charge is 2.64. The van der Waals surface area contributed by atoms with Gasteiger partial charge in [0.1, 0.15) is 12.0 Å². The third-order valence-corrected chi connectivity index (χ3v) is 16.3. The quantitative estimate of drug-likeness (QED) is 0.249. The second kappa shape index (κ2) is 16.6. The number of hydrogen-bond donors (Lipinski definition) is 3. The summed E-state index contributed by atoms with van der Waals surface area (Å²) in [6, 6.07) is 0. The fraction of sp³-hybridized carbons (Fsp3) is 0.977. The molecular formula is C44H76O14. The molecule has 23 atom stereocenters. The maximum absolute atomic E-state index is 12.2. The Morgan fingerprint density at radius 3 is 1.86 bits per heavy atom. The molecule has 0 saturated carbocycles. The van der Waals surface area contributed by atoms with Gasteiger partial charge in [-0.25, -0.2) is 0 Å². The van der Waals surface area contributed by atoms with Crippen LogP contribution in [0, 0.1) is 47.3 Å². The molecule has 0 aliphatic carbocycles. The number of aliphatic hydroxyl groups is 2. The van der Waals surface area contributed by atoms with E-state index in [1.54, 1.807) is 42.3 Å². The summed E-state index contributed by atoms with van der Waals surface area (Å²) in [5, 5.41) is 33.1. The van der Waals surface area contributed by atoms with E-state index in [9.17, 15) is 20.1 Å². The van der Waals surface area contributed by atoms with E-state index in [1.807, 2.05) is 20.8 Å². The predicted octanol–water partition coefficient (Wildman–Crippen LogP) is 5.17. The Morgan fingerprint density at radius 1 is 0.672 bits per heavy atom. The zero-order valence-electron chi connectivity index (χ0n) is 37.8. The van der Waals surface area contributed by atoms with Gasteiger partial charge < -0.3 is 62.7 Å². The lowest BCUT2D eigenvalue weighted by Gasteiger charge is -2.55. The van der Waals surface area contributed by atoms with Crippen molar-refractivity contribution in [2.24, 2.45) is 47.3 Å². The Kier molecular flexibility index (Phi) is 13.3. The van der Waals surface area contributed by atoms with E-state index in [2.05, 4.69) is 34.6 Å². The summed E-state index contributed by atoms with van der Waals surface area (Å²) in [5.74, 6) is -8.04. The van der Waals surface area contributed by atoms with E-state index in [0.29, 0.717) is 19.3 Å². The normalized spacial score (nSPS) is 54.8. The van der Waals surface area contributed by atoms with Gasteiger partial charge in [-0.15, -0.1) is 0 Å². The number of hydrogen-bond acceptors (Lipinski definition) is 13. The van der Waals surface area contributed by atoms with Crippen LogP contribution in [0.25, 0.3) is 0 Å². The van der Waals surface area contributed by atoms with E-state index in [1.165, 1.54) is 6.92 Å². The van der Waals surface area contributed by atoms with Crippen LogP contribution in [0.2, 0.25) is 0 Å². The zero-order valence-corrected chi connectivity index (χ0v) is 37.8. The van der Waals surface area contributed by atoms with Crippen LogP contribution in [0.15, 0.2) is 0 Å². The summed E-state index contributed by atoms with van der Waals surface area (Å²) in [5.41, 5.74) is -1.32. The van der Waals surface area contributed by atoms with Crippen LogP contribution in [0.1, 0.15) is 108 Å². The van der Waals surface area contributed by atoms with Gasteiger partial charge in [-0.05, 0) is 47.0 Å². The van der Waals surface area contributed by atoms with Gasteiger partial charge in [0.15, 0.2) is 17.4 Å². The number of carbonyl (C=O) groups is 1. The summed E-state index contributed by atoms with van der Waals surface area (Å²) in [4.78, 5) is 12.2. The Hall–Kier alpha value is -1.01. The van der Waals surface area contributed by atoms with Crippen molar-refractivity contribution >= 4 is 5.97 Å². The molecule has 3 N–H and O–H groups in total. The number of methoxy groups -OCH3 is 4. The monoisotopic (exact) mass is 829 g/mol. The average molecular weight is 829 g/mol. The number of rotatable bonds is 11. The molecule has 336 valence electrons. The molecule has 6 rings (SSSR count). The molecule has 6 heterocycles. The van der Waals surface area contributed by atoms with Gasteiger partial charge >= 0.3 is 5.97 Å². The predicted molar refractivity (Wildman–Crippen MR) is 212 cm³/mol. The molecule has 14 nitrogen and oxygen atoms in total. The van der Waals surface area contributed by atoms with Crippen LogP contribution >= 0.6 is 0 Å². The van der Waals surface area contributed by atoms with Crippen LogP contribution in [0.3, 0.4) is 0 Å². The zero-order chi connectivity index (χ0) is 43.1. The van der Waals surface area contributed by atoms with E-state index >= 15 is 0 Å². The first-order chi connectivity index (χ1) is 27.0. The third-order valence-electron chi connectivity index (χ3n) is 16.3. The van der Waals surface area contributed by atoms with Crippen molar-refractivity contribution in [3.8, 4) is 0 Å². The smallest absolute Gasteiger partial charge is 0.311 e. The molecule has 58 heavy (non-hydrogen) atoms. The molecule has 1 spiro atoms. The lowest BCUT2D eigenvalue weighted by Crippen LogP contribution is -2.65. The summed E-state index contributed by atoms with van der Waals surface area (Å²) in [7, 11) is 6.70. The van der Waals surface area contributed by atoms with Crippen molar-refractivity contribution in [2.75, 3.05) is 28.4 Å². The molecule has 0 unspecified atom stereocenters. The molecular weight excluding hydrogens is 752 g/mol. The average Bonchev–Trinajstić information content (AvgIpc) is 3.85. The molecule has 6 fully saturated rings. The minimum Gasteiger partial charge on any atom is -0.481 e. The Morgan fingerprint density at radius 2 is 1.28 bits per heavy atom. The number of carboxylic acids is 1. The summed E-state index contributed by atoms with van der Waals surface area (Å²) in [6.07, 6.45) is -0.175. The Labute approximate surface area is 346 Å². The molecule has 6 aliphatic rings. The van der Waals surface area contributed by atoms with E-state index < -0.39 is 76.9 Å². The second-order valence-electron chi connectivity index (χ2n) is 19.9. The summed E-state index contributed by atoms with van der Waals surface area (Å²) < 4.78 is 65.4. The first-order valence-electron chi connectivity index (χ1n) is 21.8. The number of aliphatic carboxylic acids is 1. The van der Waals surface area contributed by atoms with Gasteiger partial charge in [0.05, 0.1) is 66.1 Å². The Bertz CT molecular complexity index is 1450. The molecule has 6 saturated heterocycles. The van der Waals surface area contributed by atoms with Crippen molar-refractivity contribution in [2.45, 2.75) is 198 Å². The lowest BCUT2D eigenvalue weighted by molar-refractivity contribution is -0.366. The Balaban J connectivity index is 1.19. The highest BCUT2D eigenvalue weighted by Crippen LogP contribution is 2.55. The SMILES string of the molecule is CO[C@@H]1[C@H](C)[C@H]([C@]2(C)CC[C@H]([C@]3(C)CC[C@]4(C[C@H](OC)[C@@H](C)[C@@H]([C@@H](C)[C@H]5O[C@](O)([C@H](C)C(=O)O)[C@H](C)[C@@H](OC)[C@H]5C)O4)O3)O2)O[C@H]1[C@H]1O[C@](C)(O)[C@H](C)[C@@H](OC)[C@@H]1C. The molecule has 0 aromatic carbocycles. The van der Waals surface area contributed by atoms with Crippen LogP contribution < -0.4 is 0 Å². The summed E-state index contributed by atoms with van der Waals surface area (Å²) in [6.45, 7) is 21.6.